The Hall–Kier alpha value is -3.99. The summed E-state index contributed by atoms with van der Waals surface area (Å²) < 4.78 is 40.0. The number of aryl methyl sites for hydroxylation is 2. The van der Waals surface area contributed by atoms with E-state index in [1.54, 1.807) is 12.3 Å². The van der Waals surface area contributed by atoms with Crippen LogP contribution in [0.1, 0.15) is 27.9 Å². The monoisotopic (exact) mass is 422 g/mol. The number of aromatic hydroxyl groups is 1. The highest BCUT2D eigenvalue weighted by Gasteiger charge is 2.33. The van der Waals surface area contributed by atoms with E-state index in [1.807, 2.05) is 30.3 Å². The quantitative estimate of drug-likeness (QED) is 0.417. The Morgan fingerprint density at radius 3 is 2.39 bits per heavy atom. The number of pyridine rings is 1. The first-order valence-electron chi connectivity index (χ1n) is 9.44. The van der Waals surface area contributed by atoms with Crippen molar-refractivity contribution in [2.24, 2.45) is 0 Å². The van der Waals surface area contributed by atoms with E-state index in [1.165, 1.54) is 12.1 Å². The van der Waals surface area contributed by atoms with Crippen LogP contribution in [0, 0.1) is 11.8 Å². The zero-order valence-electron chi connectivity index (χ0n) is 16.2. The molecule has 0 saturated heterocycles. The number of aromatic amines is 2. The van der Waals surface area contributed by atoms with Crippen molar-refractivity contribution in [2.75, 3.05) is 0 Å². The molecule has 0 spiro atoms. The van der Waals surface area contributed by atoms with Crippen molar-refractivity contribution < 1.29 is 18.3 Å². The van der Waals surface area contributed by atoms with Crippen molar-refractivity contribution in [1.82, 2.24) is 20.4 Å². The lowest BCUT2D eigenvalue weighted by molar-refractivity contribution is -0.137. The molecule has 0 fully saturated rings. The van der Waals surface area contributed by atoms with Crippen molar-refractivity contribution >= 4 is 0 Å². The van der Waals surface area contributed by atoms with Gasteiger partial charge in [-0.1, -0.05) is 17.9 Å². The molecule has 0 unspecified atom stereocenters. The normalized spacial score (nSPS) is 11.2. The smallest absolute Gasteiger partial charge is 0.417 e. The van der Waals surface area contributed by atoms with Gasteiger partial charge in [-0.2, -0.15) is 13.2 Å². The third kappa shape index (κ3) is 4.78. The van der Waals surface area contributed by atoms with Crippen molar-refractivity contribution in [1.29, 1.82) is 0 Å². The molecule has 156 valence electrons. The van der Waals surface area contributed by atoms with Crippen LogP contribution in [0.2, 0.25) is 0 Å². The van der Waals surface area contributed by atoms with Gasteiger partial charge >= 0.3 is 6.18 Å². The van der Waals surface area contributed by atoms with E-state index in [0.29, 0.717) is 30.3 Å². The zero-order valence-corrected chi connectivity index (χ0v) is 16.2. The number of alkyl halides is 3. The Kier molecular flexibility index (Phi) is 5.50. The summed E-state index contributed by atoms with van der Waals surface area (Å²) in [6.45, 7) is 0. The fourth-order valence-corrected chi connectivity index (χ4v) is 3.14. The predicted molar refractivity (Wildman–Crippen MR) is 109 cm³/mol. The minimum atomic E-state index is -4.62. The predicted octanol–water partition coefficient (Wildman–Crippen LogP) is 4.71. The first kappa shape index (κ1) is 20.3. The summed E-state index contributed by atoms with van der Waals surface area (Å²) in [6.07, 6.45) is -1.63. The van der Waals surface area contributed by atoms with Gasteiger partial charge in [-0.3, -0.25) is 10.1 Å². The van der Waals surface area contributed by atoms with Crippen LogP contribution >= 0.6 is 0 Å². The number of aromatic nitrogens is 4. The van der Waals surface area contributed by atoms with E-state index in [2.05, 4.69) is 32.2 Å². The average Bonchev–Trinajstić information content (AvgIpc) is 2.71. The first-order chi connectivity index (χ1) is 14.9. The SMILES string of the molecule is Oc1ccc(C#Cc2ccc(-c3n[nH][nH]3)cc2CCc2ccccn2)c(C(F)(F)F)c1. The lowest BCUT2D eigenvalue weighted by atomic mass is 9.98. The number of phenols is 1. The average molecular weight is 422 g/mol. The Balaban J connectivity index is 1.69. The molecule has 4 rings (SSSR count). The molecule has 3 N–H and O–H groups in total. The van der Waals surface area contributed by atoms with Crippen LogP contribution in [0.3, 0.4) is 0 Å². The first-order valence-corrected chi connectivity index (χ1v) is 9.44. The Bertz CT molecular complexity index is 1240. The van der Waals surface area contributed by atoms with Gasteiger partial charge in [0.15, 0.2) is 5.82 Å². The van der Waals surface area contributed by atoms with Crippen LogP contribution in [-0.4, -0.2) is 25.5 Å². The molecule has 2 aromatic heterocycles. The molecule has 8 heteroatoms. The molecule has 2 heterocycles. The number of H-pyrrole nitrogens is 2. The molecule has 31 heavy (non-hydrogen) atoms. The highest BCUT2D eigenvalue weighted by atomic mass is 19.4. The third-order valence-corrected chi connectivity index (χ3v) is 4.74. The Morgan fingerprint density at radius 1 is 0.935 bits per heavy atom. The number of phenolic OH excluding ortho intramolecular Hbond substituents is 1. The molecule has 0 aliphatic carbocycles. The van der Waals surface area contributed by atoms with Crippen LogP contribution in [0.4, 0.5) is 13.2 Å². The van der Waals surface area contributed by atoms with Gasteiger partial charge in [-0.15, -0.1) is 5.10 Å². The number of benzene rings is 2. The molecular formula is C23H17F3N4O. The Labute approximate surface area is 176 Å². The minimum Gasteiger partial charge on any atom is -0.508 e. The standard InChI is InChI=1S/C23H17F3N4O/c24-23(25,26)21-14-20(31)11-9-16(21)6-4-15-5-7-18(22-28-30-29-22)13-17(15)8-10-19-3-1-2-12-27-19/h1-3,5,7,9,11-14,30-31H,8,10H2,(H,28,29). The number of hydrogen-bond acceptors (Lipinski definition) is 3. The topological polar surface area (TPSA) is 77.6 Å². The lowest BCUT2D eigenvalue weighted by Gasteiger charge is -2.10. The molecule has 4 aromatic rings. The molecule has 0 aliphatic rings. The molecule has 5 nitrogen and oxygen atoms in total. The van der Waals surface area contributed by atoms with Gasteiger partial charge in [-0.05, 0) is 66.9 Å². The molecule has 0 amide bonds. The van der Waals surface area contributed by atoms with Gasteiger partial charge in [0.2, 0.25) is 0 Å². The maximum absolute atomic E-state index is 13.3. The summed E-state index contributed by atoms with van der Waals surface area (Å²) in [5, 5.41) is 18.9. The zero-order chi connectivity index (χ0) is 21.8. The van der Waals surface area contributed by atoms with E-state index in [-0.39, 0.29) is 5.56 Å². The van der Waals surface area contributed by atoms with E-state index in [9.17, 15) is 18.3 Å². The van der Waals surface area contributed by atoms with Crippen LogP contribution in [-0.2, 0) is 19.0 Å². The molecule has 0 bridgehead atoms. The number of nitrogens with zero attached hydrogens (tertiary/aromatic N) is 2. The summed E-state index contributed by atoms with van der Waals surface area (Å²) in [4.78, 5) is 4.32. The van der Waals surface area contributed by atoms with Crippen molar-refractivity contribution in [3.05, 3.63) is 88.7 Å². The number of halogens is 3. The summed E-state index contributed by atoms with van der Waals surface area (Å²) in [6, 6.07) is 14.2. The van der Waals surface area contributed by atoms with E-state index in [4.69, 9.17) is 0 Å². The Morgan fingerprint density at radius 2 is 1.71 bits per heavy atom. The highest BCUT2D eigenvalue weighted by Crippen LogP contribution is 2.34. The molecular weight excluding hydrogens is 405 g/mol. The highest BCUT2D eigenvalue weighted by molar-refractivity contribution is 5.60. The maximum atomic E-state index is 13.3. The van der Waals surface area contributed by atoms with Crippen LogP contribution in [0.15, 0.2) is 60.8 Å². The lowest BCUT2D eigenvalue weighted by Crippen LogP contribution is -2.07. The minimum absolute atomic E-state index is 0.195. The van der Waals surface area contributed by atoms with Crippen LogP contribution in [0.25, 0.3) is 11.4 Å². The van der Waals surface area contributed by atoms with E-state index in [0.717, 1.165) is 16.8 Å². The van der Waals surface area contributed by atoms with Gasteiger partial charge in [-0.25, -0.2) is 5.21 Å². The second kappa shape index (κ2) is 8.40. The van der Waals surface area contributed by atoms with Crippen molar-refractivity contribution in [3.63, 3.8) is 0 Å². The maximum Gasteiger partial charge on any atom is 0.417 e. The van der Waals surface area contributed by atoms with Gasteiger partial charge in [0, 0.05) is 28.6 Å². The molecule has 2 aromatic carbocycles. The fraction of sp³-hybridized carbons (Fsp3) is 0.130. The fourth-order valence-electron chi connectivity index (χ4n) is 3.14. The molecule has 0 radical (unpaired) electrons. The summed E-state index contributed by atoms with van der Waals surface area (Å²) in [5.74, 6) is 5.72. The van der Waals surface area contributed by atoms with Crippen LogP contribution in [0.5, 0.6) is 5.75 Å². The number of rotatable bonds is 4. The summed E-state index contributed by atoms with van der Waals surface area (Å²) in [7, 11) is 0. The molecule has 0 aliphatic heterocycles. The van der Waals surface area contributed by atoms with Gasteiger partial charge in [0.25, 0.3) is 0 Å². The van der Waals surface area contributed by atoms with Crippen molar-refractivity contribution in [3.8, 4) is 29.0 Å². The van der Waals surface area contributed by atoms with Gasteiger partial charge in [0.1, 0.15) is 5.75 Å². The summed E-state index contributed by atoms with van der Waals surface area (Å²) in [5.41, 5.74) is 2.09. The molecule has 0 saturated carbocycles. The molecule has 0 atom stereocenters. The summed E-state index contributed by atoms with van der Waals surface area (Å²) >= 11 is 0. The van der Waals surface area contributed by atoms with E-state index >= 15 is 0 Å². The number of nitrogens with one attached hydrogen (secondary N) is 2. The second-order valence-electron chi connectivity index (χ2n) is 6.87. The van der Waals surface area contributed by atoms with Crippen LogP contribution < -0.4 is 0 Å². The third-order valence-electron chi connectivity index (χ3n) is 4.74. The van der Waals surface area contributed by atoms with Gasteiger partial charge < -0.3 is 5.11 Å². The van der Waals surface area contributed by atoms with Crippen molar-refractivity contribution in [2.45, 2.75) is 19.0 Å². The largest absolute Gasteiger partial charge is 0.508 e. The van der Waals surface area contributed by atoms with E-state index < -0.39 is 17.5 Å². The second-order valence-corrected chi connectivity index (χ2v) is 6.87. The van der Waals surface area contributed by atoms with Gasteiger partial charge in [0.05, 0.1) is 5.56 Å². The number of hydrogen-bond donors (Lipinski definition) is 3.